The van der Waals surface area contributed by atoms with E-state index in [1.165, 1.54) is 64.6 Å². The molecule has 2 heteroatoms. The predicted molar refractivity (Wildman–Crippen MR) is 76.5 cm³/mol. The van der Waals surface area contributed by atoms with Crippen molar-refractivity contribution in [2.24, 2.45) is 0 Å². The van der Waals surface area contributed by atoms with E-state index in [1.54, 1.807) is 0 Å². The van der Waals surface area contributed by atoms with Crippen LogP contribution in [-0.4, -0.2) is 36.6 Å². The van der Waals surface area contributed by atoms with Crippen molar-refractivity contribution < 1.29 is 0 Å². The third-order valence-corrected chi connectivity index (χ3v) is 4.11. The van der Waals surface area contributed by atoms with E-state index in [-0.39, 0.29) is 0 Å². The summed E-state index contributed by atoms with van der Waals surface area (Å²) in [5.41, 5.74) is 0. The van der Waals surface area contributed by atoms with Gasteiger partial charge >= 0.3 is 0 Å². The molecule has 17 heavy (non-hydrogen) atoms. The number of rotatable bonds is 8. The van der Waals surface area contributed by atoms with Crippen molar-refractivity contribution in [3.63, 3.8) is 0 Å². The van der Waals surface area contributed by atoms with Gasteiger partial charge in [-0.05, 0) is 45.7 Å². The van der Waals surface area contributed by atoms with E-state index in [0.29, 0.717) is 6.04 Å². The fourth-order valence-electron chi connectivity index (χ4n) is 2.97. The Kier molecular flexibility index (Phi) is 7.87. The monoisotopic (exact) mass is 240 g/mol. The summed E-state index contributed by atoms with van der Waals surface area (Å²) in [5.74, 6) is 0. The van der Waals surface area contributed by atoms with Crippen molar-refractivity contribution in [1.29, 1.82) is 0 Å². The summed E-state index contributed by atoms with van der Waals surface area (Å²) in [6.45, 7) is 10.7. The van der Waals surface area contributed by atoms with E-state index in [9.17, 15) is 0 Å². The first-order valence-electron chi connectivity index (χ1n) is 7.76. The first-order chi connectivity index (χ1) is 8.29. The smallest absolute Gasteiger partial charge is 0.0195 e. The number of piperidine rings is 1. The van der Waals surface area contributed by atoms with Gasteiger partial charge in [0.25, 0.3) is 0 Å². The predicted octanol–water partition coefficient (Wildman–Crippen LogP) is 3.42. The molecule has 1 heterocycles. The average Bonchev–Trinajstić information content (AvgIpc) is 2.38. The number of nitrogens with one attached hydrogen (secondary N) is 1. The van der Waals surface area contributed by atoms with Crippen molar-refractivity contribution in [3.05, 3.63) is 0 Å². The molecule has 1 rings (SSSR count). The molecule has 2 nitrogen and oxygen atoms in total. The number of likely N-dealkylation sites (tertiary alicyclic amines) is 1. The van der Waals surface area contributed by atoms with Crippen molar-refractivity contribution in [2.45, 2.75) is 77.8 Å². The molecule has 1 aliphatic heterocycles. The Hall–Kier alpha value is -0.0800. The zero-order valence-corrected chi connectivity index (χ0v) is 12.2. The highest BCUT2D eigenvalue weighted by Crippen LogP contribution is 2.21. The second kappa shape index (κ2) is 8.93. The summed E-state index contributed by atoms with van der Waals surface area (Å²) in [5, 5.41) is 3.62. The highest BCUT2D eigenvalue weighted by atomic mass is 15.2. The molecule has 1 aliphatic rings. The van der Waals surface area contributed by atoms with Crippen LogP contribution in [0.25, 0.3) is 0 Å². The topological polar surface area (TPSA) is 15.3 Å². The van der Waals surface area contributed by atoms with Gasteiger partial charge in [0.1, 0.15) is 0 Å². The number of hydrogen-bond acceptors (Lipinski definition) is 2. The molecule has 1 N–H and O–H groups in total. The van der Waals surface area contributed by atoms with Gasteiger partial charge in [0.15, 0.2) is 0 Å². The second-order valence-corrected chi connectivity index (χ2v) is 5.56. The zero-order chi connectivity index (χ0) is 12.5. The van der Waals surface area contributed by atoms with Gasteiger partial charge in [0.05, 0.1) is 0 Å². The molecule has 0 aromatic rings. The van der Waals surface area contributed by atoms with Gasteiger partial charge in [0, 0.05) is 18.6 Å². The minimum atomic E-state index is 0.710. The first kappa shape index (κ1) is 15.0. The van der Waals surface area contributed by atoms with E-state index in [2.05, 4.69) is 31.0 Å². The van der Waals surface area contributed by atoms with Crippen molar-refractivity contribution >= 4 is 0 Å². The lowest BCUT2D eigenvalue weighted by molar-refractivity contribution is 0.0993. The number of nitrogens with zero attached hydrogens (tertiary/aromatic N) is 1. The molecule has 1 fully saturated rings. The highest BCUT2D eigenvalue weighted by Gasteiger charge is 2.24. The molecule has 0 aromatic carbocycles. The Morgan fingerprint density at radius 1 is 1.24 bits per heavy atom. The van der Waals surface area contributed by atoms with Crippen LogP contribution in [0.15, 0.2) is 0 Å². The van der Waals surface area contributed by atoms with E-state index in [4.69, 9.17) is 0 Å². The lowest BCUT2D eigenvalue weighted by atomic mass is 9.98. The summed E-state index contributed by atoms with van der Waals surface area (Å²) < 4.78 is 0. The van der Waals surface area contributed by atoms with Gasteiger partial charge < -0.3 is 5.32 Å². The summed E-state index contributed by atoms with van der Waals surface area (Å²) in [6.07, 6.45) is 9.59. The van der Waals surface area contributed by atoms with Crippen LogP contribution in [0.5, 0.6) is 0 Å². The van der Waals surface area contributed by atoms with Crippen LogP contribution in [0.3, 0.4) is 0 Å². The molecule has 0 aliphatic carbocycles. The van der Waals surface area contributed by atoms with Crippen LogP contribution in [0.2, 0.25) is 0 Å². The van der Waals surface area contributed by atoms with E-state index >= 15 is 0 Å². The van der Waals surface area contributed by atoms with Crippen LogP contribution < -0.4 is 5.32 Å². The third-order valence-electron chi connectivity index (χ3n) is 4.11. The van der Waals surface area contributed by atoms with Crippen molar-refractivity contribution in [2.75, 3.05) is 19.6 Å². The van der Waals surface area contributed by atoms with E-state index < -0.39 is 0 Å². The van der Waals surface area contributed by atoms with E-state index in [0.717, 1.165) is 6.04 Å². The number of unbranched alkanes of at least 4 members (excludes halogenated alkanes) is 2. The SMILES string of the molecule is CCCCCNCC(C)N1CCCCC1CC. The fraction of sp³-hybridized carbons (Fsp3) is 1.00. The first-order valence-corrected chi connectivity index (χ1v) is 7.76. The lowest BCUT2D eigenvalue weighted by Gasteiger charge is -2.39. The molecule has 1 saturated heterocycles. The van der Waals surface area contributed by atoms with Crippen LogP contribution in [0.4, 0.5) is 0 Å². The molecular weight excluding hydrogens is 208 g/mol. The second-order valence-electron chi connectivity index (χ2n) is 5.56. The van der Waals surface area contributed by atoms with Gasteiger partial charge in [-0.1, -0.05) is 33.1 Å². The van der Waals surface area contributed by atoms with Crippen LogP contribution in [0, 0.1) is 0 Å². The molecule has 2 atom stereocenters. The molecule has 0 aromatic heterocycles. The Morgan fingerprint density at radius 3 is 2.76 bits per heavy atom. The van der Waals surface area contributed by atoms with E-state index in [1.807, 2.05) is 0 Å². The quantitative estimate of drug-likeness (QED) is 0.654. The van der Waals surface area contributed by atoms with Gasteiger partial charge in [0.2, 0.25) is 0 Å². The third kappa shape index (κ3) is 5.39. The average molecular weight is 240 g/mol. The Morgan fingerprint density at radius 2 is 2.06 bits per heavy atom. The van der Waals surface area contributed by atoms with Gasteiger partial charge in [-0.15, -0.1) is 0 Å². The minimum Gasteiger partial charge on any atom is -0.315 e. The standard InChI is InChI=1S/C15H32N2/c1-4-6-8-11-16-13-14(3)17-12-9-7-10-15(17)5-2/h14-16H,4-13H2,1-3H3. The summed E-state index contributed by atoms with van der Waals surface area (Å²) in [7, 11) is 0. The Labute approximate surface area is 108 Å². The summed E-state index contributed by atoms with van der Waals surface area (Å²) in [6, 6.07) is 1.55. The number of hydrogen-bond donors (Lipinski definition) is 1. The maximum absolute atomic E-state index is 3.62. The largest absolute Gasteiger partial charge is 0.315 e. The van der Waals surface area contributed by atoms with Crippen LogP contribution in [-0.2, 0) is 0 Å². The normalized spacial score (nSPS) is 23.8. The van der Waals surface area contributed by atoms with Crippen molar-refractivity contribution in [1.82, 2.24) is 10.2 Å². The molecule has 2 unspecified atom stereocenters. The van der Waals surface area contributed by atoms with Gasteiger partial charge in [-0.3, -0.25) is 4.90 Å². The maximum atomic E-state index is 3.62. The summed E-state index contributed by atoms with van der Waals surface area (Å²) >= 11 is 0. The minimum absolute atomic E-state index is 0.710. The van der Waals surface area contributed by atoms with Crippen LogP contribution in [0.1, 0.15) is 65.7 Å². The zero-order valence-electron chi connectivity index (χ0n) is 12.2. The Balaban J connectivity index is 2.18. The maximum Gasteiger partial charge on any atom is 0.0195 e. The van der Waals surface area contributed by atoms with Gasteiger partial charge in [-0.25, -0.2) is 0 Å². The molecule has 0 bridgehead atoms. The molecule has 0 amide bonds. The Bertz CT molecular complexity index is 182. The molecule has 0 radical (unpaired) electrons. The highest BCUT2D eigenvalue weighted by molar-refractivity contribution is 4.81. The van der Waals surface area contributed by atoms with Crippen LogP contribution >= 0.6 is 0 Å². The van der Waals surface area contributed by atoms with Crippen molar-refractivity contribution in [3.8, 4) is 0 Å². The molecular formula is C15H32N2. The lowest BCUT2D eigenvalue weighted by Crippen LogP contribution is -2.48. The molecule has 0 spiro atoms. The molecule has 102 valence electrons. The fourth-order valence-corrected chi connectivity index (χ4v) is 2.97. The summed E-state index contributed by atoms with van der Waals surface area (Å²) in [4.78, 5) is 2.73. The molecule has 0 saturated carbocycles. The van der Waals surface area contributed by atoms with Gasteiger partial charge in [-0.2, -0.15) is 0 Å².